The molecule has 0 radical (unpaired) electrons. The number of rotatable bonds is 4. The van der Waals surface area contributed by atoms with Gasteiger partial charge in [-0.25, -0.2) is 9.97 Å². The zero-order chi connectivity index (χ0) is 18.6. The topological polar surface area (TPSA) is 88.8 Å². The van der Waals surface area contributed by atoms with Crippen LogP contribution in [0.3, 0.4) is 0 Å². The van der Waals surface area contributed by atoms with Gasteiger partial charge in [0, 0.05) is 31.7 Å². The predicted molar refractivity (Wildman–Crippen MR) is 102 cm³/mol. The molecule has 0 aliphatic carbocycles. The van der Waals surface area contributed by atoms with Crippen LogP contribution in [0.5, 0.6) is 0 Å². The van der Waals surface area contributed by atoms with E-state index in [9.17, 15) is 4.79 Å². The van der Waals surface area contributed by atoms with Crippen LogP contribution in [-0.4, -0.2) is 43.7 Å². The zero-order valence-electron chi connectivity index (χ0n) is 15.1. The normalized spacial score (nSPS) is 16.9. The summed E-state index contributed by atoms with van der Waals surface area (Å²) < 4.78 is 1.80. The number of aromatic nitrogens is 5. The molecule has 3 aromatic rings. The number of nitrogens with zero attached hydrogens (tertiary/aromatic N) is 6. The Morgan fingerprint density at radius 3 is 2.78 bits per heavy atom. The van der Waals surface area contributed by atoms with Crippen molar-refractivity contribution in [1.82, 2.24) is 24.7 Å². The summed E-state index contributed by atoms with van der Waals surface area (Å²) in [6, 6.07) is 7.62. The highest BCUT2D eigenvalue weighted by molar-refractivity contribution is 5.92. The number of anilines is 2. The van der Waals surface area contributed by atoms with Crippen molar-refractivity contribution in [3.63, 3.8) is 0 Å². The molecule has 1 saturated heterocycles. The Kier molecular flexibility index (Phi) is 4.78. The summed E-state index contributed by atoms with van der Waals surface area (Å²) >= 11 is 0. The molecule has 1 N–H and O–H groups in total. The van der Waals surface area contributed by atoms with Gasteiger partial charge in [0.05, 0.1) is 5.92 Å². The van der Waals surface area contributed by atoms with E-state index < -0.39 is 0 Å². The van der Waals surface area contributed by atoms with E-state index in [0.29, 0.717) is 18.2 Å². The van der Waals surface area contributed by atoms with E-state index in [1.807, 2.05) is 37.4 Å². The van der Waals surface area contributed by atoms with E-state index in [2.05, 4.69) is 30.4 Å². The molecule has 8 nitrogen and oxygen atoms in total. The van der Waals surface area contributed by atoms with Crippen molar-refractivity contribution in [3.05, 3.63) is 54.7 Å². The summed E-state index contributed by atoms with van der Waals surface area (Å²) in [5.41, 5.74) is 1.07. The van der Waals surface area contributed by atoms with Gasteiger partial charge in [-0.1, -0.05) is 0 Å². The maximum absolute atomic E-state index is 12.6. The minimum atomic E-state index is -0.101. The Labute approximate surface area is 157 Å². The summed E-state index contributed by atoms with van der Waals surface area (Å²) in [5.74, 6) is 2.00. The Morgan fingerprint density at radius 2 is 2.04 bits per heavy atom. The van der Waals surface area contributed by atoms with Gasteiger partial charge in [0.25, 0.3) is 0 Å². The lowest BCUT2D eigenvalue weighted by molar-refractivity contribution is -0.120. The van der Waals surface area contributed by atoms with Crippen LogP contribution in [0.2, 0.25) is 0 Å². The third-order valence-electron chi connectivity index (χ3n) is 4.69. The number of nitrogens with one attached hydrogen (secondary N) is 1. The van der Waals surface area contributed by atoms with Crippen molar-refractivity contribution < 1.29 is 4.79 Å². The first kappa shape index (κ1) is 17.1. The number of hydrogen-bond acceptors (Lipinski definition) is 6. The monoisotopic (exact) mass is 363 g/mol. The van der Waals surface area contributed by atoms with E-state index in [1.165, 1.54) is 0 Å². The summed E-state index contributed by atoms with van der Waals surface area (Å²) in [7, 11) is 0. The molecular weight excluding hydrogens is 342 g/mol. The minimum absolute atomic E-state index is 0.000736. The SMILES string of the molecule is Cc1ccnc(NC(=O)[C@H]2CCCN(c3ccc(-n4ccnc4)nn3)C2)c1. The molecular formula is C19H21N7O. The maximum atomic E-state index is 12.6. The van der Waals surface area contributed by atoms with Crippen LogP contribution < -0.4 is 10.2 Å². The molecule has 0 bridgehead atoms. The van der Waals surface area contributed by atoms with Gasteiger partial charge in [-0.05, 0) is 49.6 Å². The lowest BCUT2D eigenvalue weighted by atomic mass is 9.97. The average Bonchev–Trinajstić information content (AvgIpc) is 3.23. The molecule has 0 unspecified atom stereocenters. The fourth-order valence-corrected chi connectivity index (χ4v) is 3.25. The van der Waals surface area contributed by atoms with E-state index in [4.69, 9.17) is 0 Å². The third kappa shape index (κ3) is 3.94. The Hall–Kier alpha value is -3.29. The van der Waals surface area contributed by atoms with E-state index in [-0.39, 0.29) is 11.8 Å². The second-order valence-electron chi connectivity index (χ2n) is 6.71. The Morgan fingerprint density at radius 1 is 1.19 bits per heavy atom. The smallest absolute Gasteiger partial charge is 0.230 e. The van der Waals surface area contributed by atoms with Crippen molar-refractivity contribution >= 4 is 17.5 Å². The van der Waals surface area contributed by atoms with Gasteiger partial charge in [-0.15, -0.1) is 10.2 Å². The van der Waals surface area contributed by atoms with Crippen molar-refractivity contribution in [1.29, 1.82) is 0 Å². The van der Waals surface area contributed by atoms with Gasteiger partial charge in [-0.2, -0.15) is 0 Å². The van der Waals surface area contributed by atoms with Crippen molar-refractivity contribution in [2.24, 2.45) is 5.92 Å². The van der Waals surface area contributed by atoms with Gasteiger partial charge in [0.15, 0.2) is 11.6 Å². The number of aryl methyl sites for hydroxylation is 1. The van der Waals surface area contributed by atoms with E-state index >= 15 is 0 Å². The predicted octanol–water partition coefficient (Wildman–Crippen LogP) is 2.22. The van der Waals surface area contributed by atoms with Gasteiger partial charge in [-0.3, -0.25) is 9.36 Å². The summed E-state index contributed by atoms with van der Waals surface area (Å²) in [6.45, 7) is 3.47. The molecule has 138 valence electrons. The van der Waals surface area contributed by atoms with Gasteiger partial charge in [0.2, 0.25) is 5.91 Å². The first-order valence-corrected chi connectivity index (χ1v) is 8.99. The fraction of sp³-hybridized carbons (Fsp3) is 0.316. The van der Waals surface area contributed by atoms with Crippen molar-refractivity contribution in [3.8, 4) is 5.82 Å². The van der Waals surface area contributed by atoms with Crippen LogP contribution in [0.25, 0.3) is 5.82 Å². The number of carbonyl (C=O) groups excluding carboxylic acids is 1. The summed E-state index contributed by atoms with van der Waals surface area (Å²) in [4.78, 5) is 23.0. The first-order chi connectivity index (χ1) is 13.2. The van der Waals surface area contributed by atoms with E-state index in [0.717, 1.165) is 30.8 Å². The van der Waals surface area contributed by atoms with Crippen LogP contribution in [0.4, 0.5) is 11.6 Å². The highest BCUT2D eigenvalue weighted by Gasteiger charge is 2.27. The number of pyridine rings is 1. The number of imidazole rings is 1. The Balaban J connectivity index is 1.42. The summed E-state index contributed by atoms with van der Waals surface area (Å²) in [6.07, 6.45) is 8.70. The molecule has 4 heterocycles. The zero-order valence-corrected chi connectivity index (χ0v) is 15.1. The molecule has 1 aliphatic heterocycles. The van der Waals surface area contributed by atoms with E-state index in [1.54, 1.807) is 23.3 Å². The van der Waals surface area contributed by atoms with Gasteiger partial charge in [0.1, 0.15) is 12.1 Å². The molecule has 4 rings (SSSR count). The van der Waals surface area contributed by atoms with Crippen LogP contribution in [0.15, 0.2) is 49.2 Å². The van der Waals surface area contributed by atoms with Crippen LogP contribution in [-0.2, 0) is 4.79 Å². The molecule has 1 fully saturated rings. The van der Waals surface area contributed by atoms with Crippen LogP contribution >= 0.6 is 0 Å². The number of piperidine rings is 1. The maximum Gasteiger partial charge on any atom is 0.230 e. The van der Waals surface area contributed by atoms with Gasteiger partial charge < -0.3 is 10.2 Å². The average molecular weight is 363 g/mol. The minimum Gasteiger partial charge on any atom is -0.354 e. The largest absolute Gasteiger partial charge is 0.354 e. The second-order valence-corrected chi connectivity index (χ2v) is 6.71. The number of hydrogen-bond donors (Lipinski definition) is 1. The standard InChI is InChI=1S/C19H21N7O/c1-14-6-7-21-16(11-14)22-19(27)15-3-2-9-25(12-15)17-4-5-18(24-23-17)26-10-8-20-13-26/h4-8,10-11,13,15H,2-3,9,12H2,1H3,(H,21,22,27)/t15-/m0/s1. The Bertz CT molecular complexity index is 908. The molecule has 1 atom stereocenters. The molecule has 0 saturated carbocycles. The molecule has 1 amide bonds. The lowest BCUT2D eigenvalue weighted by Gasteiger charge is -2.32. The van der Waals surface area contributed by atoms with Crippen LogP contribution in [0, 0.1) is 12.8 Å². The number of carbonyl (C=O) groups is 1. The van der Waals surface area contributed by atoms with Crippen LogP contribution in [0.1, 0.15) is 18.4 Å². The molecule has 3 aromatic heterocycles. The first-order valence-electron chi connectivity index (χ1n) is 8.99. The quantitative estimate of drug-likeness (QED) is 0.765. The fourth-order valence-electron chi connectivity index (χ4n) is 3.25. The molecule has 0 spiro atoms. The second kappa shape index (κ2) is 7.53. The van der Waals surface area contributed by atoms with Crippen molar-refractivity contribution in [2.45, 2.75) is 19.8 Å². The highest BCUT2D eigenvalue weighted by atomic mass is 16.2. The third-order valence-corrected chi connectivity index (χ3v) is 4.69. The molecule has 0 aromatic carbocycles. The van der Waals surface area contributed by atoms with Crippen molar-refractivity contribution in [2.75, 3.05) is 23.3 Å². The van der Waals surface area contributed by atoms with Gasteiger partial charge >= 0.3 is 0 Å². The highest BCUT2D eigenvalue weighted by Crippen LogP contribution is 2.23. The number of amides is 1. The lowest BCUT2D eigenvalue weighted by Crippen LogP contribution is -2.41. The molecule has 27 heavy (non-hydrogen) atoms. The molecule has 8 heteroatoms. The molecule has 1 aliphatic rings. The summed E-state index contributed by atoms with van der Waals surface area (Å²) in [5, 5.41) is 11.5.